The lowest BCUT2D eigenvalue weighted by Gasteiger charge is -2.37. The van der Waals surface area contributed by atoms with Crippen LogP contribution < -0.4 is 27.6 Å². The second-order valence-electron chi connectivity index (χ2n) is 8.64. The Morgan fingerprint density at radius 3 is 2.60 bits per heavy atom. The van der Waals surface area contributed by atoms with E-state index in [4.69, 9.17) is 11.6 Å². The van der Waals surface area contributed by atoms with Crippen LogP contribution in [-0.2, 0) is 14.4 Å². The summed E-state index contributed by atoms with van der Waals surface area (Å²) in [6.07, 6.45) is 3.39. The van der Waals surface area contributed by atoms with Crippen LogP contribution in [0.1, 0.15) is 55.3 Å². The fraction of sp³-hybridized carbons (Fsp3) is 0.478. The Bertz CT molecular complexity index is 1080. The quantitative estimate of drug-likeness (QED) is 0.0573. The van der Waals surface area contributed by atoms with Crippen molar-refractivity contribution >= 4 is 51.4 Å². The highest BCUT2D eigenvalue weighted by molar-refractivity contribution is 7.20. The standard InChI is InChI=1S/C23H31N7O4S/c1-14(31)28-15-8-10-23(11-9-15,21(24)33)22(34)30-17(6-4-12-26-13-27-25)19(32)20-29-16-5-2-3-7-18(16)35-20/h2-3,5,7,13,15,17H,4,6,8-12,25H2,1H3,(H2,24,33)(H,26,27)(H,28,31)(H,30,34). The van der Waals surface area contributed by atoms with Gasteiger partial charge in [0.25, 0.3) is 0 Å². The van der Waals surface area contributed by atoms with Crippen molar-refractivity contribution in [2.75, 3.05) is 6.54 Å². The minimum atomic E-state index is -1.44. The molecule has 188 valence electrons. The number of benzene rings is 1. The maximum atomic E-state index is 13.4. The molecular weight excluding hydrogens is 470 g/mol. The van der Waals surface area contributed by atoms with Crippen LogP contribution >= 0.6 is 11.3 Å². The van der Waals surface area contributed by atoms with Gasteiger partial charge in [-0.25, -0.2) is 10.8 Å². The molecule has 12 heteroatoms. The van der Waals surface area contributed by atoms with Gasteiger partial charge in [-0.3, -0.25) is 24.2 Å². The summed E-state index contributed by atoms with van der Waals surface area (Å²) in [5.74, 6) is 3.38. The van der Waals surface area contributed by atoms with E-state index in [0.29, 0.717) is 37.7 Å². The van der Waals surface area contributed by atoms with Crippen LogP contribution in [-0.4, -0.2) is 53.5 Å². The first-order chi connectivity index (χ1) is 16.8. The highest BCUT2D eigenvalue weighted by Gasteiger charge is 2.48. The molecule has 0 spiro atoms. The van der Waals surface area contributed by atoms with E-state index in [-0.39, 0.29) is 35.6 Å². The Morgan fingerprint density at radius 1 is 1.26 bits per heavy atom. The SMILES string of the molecule is CC(=O)NC1CCC(C(N)=O)(C(=O)NC(CCCN=CNN)C(=O)c2nc3ccccc3s2)CC1. The van der Waals surface area contributed by atoms with Gasteiger partial charge in [0.05, 0.1) is 22.6 Å². The highest BCUT2D eigenvalue weighted by Crippen LogP contribution is 2.37. The zero-order valence-corrected chi connectivity index (χ0v) is 20.4. The van der Waals surface area contributed by atoms with Crippen LogP contribution in [0.3, 0.4) is 0 Å². The number of hydrazine groups is 1. The van der Waals surface area contributed by atoms with Crippen LogP contribution in [0.15, 0.2) is 29.3 Å². The largest absolute Gasteiger partial charge is 0.369 e. The molecule has 7 N–H and O–H groups in total. The molecule has 3 rings (SSSR count). The summed E-state index contributed by atoms with van der Waals surface area (Å²) < 4.78 is 0.865. The van der Waals surface area contributed by atoms with Crippen molar-refractivity contribution in [3.8, 4) is 0 Å². The number of carbonyl (C=O) groups is 4. The summed E-state index contributed by atoms with van der Waals surface area (Å²) in [5, 5.41) is 5.90. The number of ketones is 1. The molecule has 1 aromatic heterocycles. The van der Waals surface area contributed by atoms with Gasteiger partial charge in [-0.15, -0.1) is 11.3 Å². The minimum Gasteiger partial charge on any atom is -0.369 e. The number of para-hydroxylation sites is 1. The lowest BCUT2D eigenvalue weighted by Crippen LogP contribution is -2.56. The maximum Gasteiger partial charge on any atom is 0.236 e. The van der Waals surface area contributed by atoms with Gasteiger partial charge in [-0.1, -0.05) is 12.1 Å². The van der Waals surface area contributed by atoms with Crippen LogP contribution in [0.5, 0.6) is 0 Å². The summed E-state index contributed by atoms with van der Waals surface area (Å²) >= 11 is 1.26. The van der Waals surface area contributed by atoms with Crippen molar-refractivity contribution in [1.29, 1.82) is 0 Å². The van der Waals surface area contributed by atoms with Gasteiger partial charge in [-0.2, -0.15) is 0 Å². The van der Waals surface area contributed by atoms with E-state index in [2.05, 4.69) is 26.0 Å². The monoisotopic (exact) mass is 501 g/mol. The first-order valence-electron chi connectivity index (χ1n) is 11.5. The average molecular weight is 502 g/mol. The summed E-state index contributed by atoms with van der Waals surface area (Å²) in [4.78, 5) is 59.2. The van der Waals surface area contributed by atoms with Crippen molar-refractivity contribution in [3.05, 3.63) is 29.3 Å². The first-order valence-corrected chi connectivity index (χ1v) is 12.3. The zero-order chi connectivity index (χ0) is 25.4. The number of rotatable bonds is 11. The smallest absolute Gasteiger partial charge is 0.236 e. The van der Waals surface area contributed by atoms with Crippen molar-refractivity contribution in [2.45, 2.75) is 57.5 Å². The van der Waals surface area contributed by atoms with Crippen molar-refractivity contribution in [2.24, 2.45) is 22.0 Å². The summed E-state index contributed by atoms with van der Waals surface area (Å²) in [5.41, 5.74) is 7.27. The second-order valence-corrected chi connectivity index (χ2v) is 9.67. The number of aromatic nitrogens is 1. The van der Waals surface area contributed by atoms with Gasteiger partial charge < -0.3 is 21.8 Å². The summed E-state index contributed by atoms with van der Waals surface area (Å²) in [6, 6.07) is 6.38. The fourth-order valence-corrected chi connectivity index (χ4v) is 5.28. The van der Waals surface area contributed by atoms with Gasteiger partial charge in [0.15, 0.2) is 5.01 Å². The zero-order valence-electron chi connectivity index (χ0n) is 19.6. The Kier molecular flexibility index (Phi) is 8.88. The topological polar surface area (TPSA) is 182 Å². The predicted molar refractivity (Wildman–Crippen MR) is 133 cm³/mol. The number of aliphatic imine (C=N–C) groups is 1. The molecule has 1 atom stereocenters. The minimum absolute atomic E-state index is 0.123. The van der Waals surface area contributed by atoms with Crippen LogP contribution in [0, 0.1) is 5.41 Å². The molecule has 1 aliphatic rings. The molecule has 0 radical (unpaired) electrons. The number of fused-ring (bicyclic) bond motifs is 1. The van der Waals surface area contributed by atoms with Crippen LogP contribution in [0.25, 0.3) is 10.2 Å². The molecule has 11 nitrogen and oxygen atoms in total. The lowest BCUT2D eigenvalue weighted by molar-refractivity contribution is -0.144. The Labute approximate surface area is 207 Å². The van der Waals surface area contributed by atoms with Crippen LogP contribution in [0.4, 0.5) is 0 Å². The van der Waals surface area contributed by atoms with Crippen molar-refractivity contribution < 1.29 is 19.2 Å². The molecular formula is C23H31N7O4S. The van der Waals surface area contributed by atoms with Crippen molar-refractivity contribution in [3.63, 3.8) is 0 Å². The molecule has 1 aliphatic carbocycles. The summed E-state index contributed by atoms with van der Waals surface area (Å²) in [7, 11) is 0. The summed E-state index contributed by atoms with van der Waals surface area (Å²) in [6.45, 7) is 1.82. The molecule has 1 saturated carbocycles. The number of Topliss-reactive ketones (excluding diaryl/α,β-unsaturated/α-hetero) is 1. The van der Waals surface area contributed by atoms with Gasteiger partial charge in [-0.05, 0) is 50.7 Å². The Hall–Kier alpha value is -3.38. The molecule has 0 saturated heterocycles. The number of amides is 3. The maximum absolute atomic E-state index is 13.4. The van der Waals surface area contributed by atoms with E-state index in [9.17, 15) is 19.2 Å². The number of nitrogens with two attached hydrogens (primary N) is 2. The van der Waals surface area contributed by atoms with E-state index in [0.717, 1.165) is 4.70 Å². The van der Waals surface area contributed by atoms with Crippen LogP contribution in [0.2, 0.25) is 0 Å². The number of primary amides is 1. The number of hydrogen-bond acceptors (Lipinski definition) is 8. The van der Waals surface area contributed by atoms with E-state index >= 15 is 0 Å². The Balaban J connectivity index is 1.78. The third-order valence-electron chi connectivity index (χ3n) is 6.23. The van der Waals surface area contributed by atoms with E-state index in [1.54, 1.807) is 0 Å². The third-order valence-corrected chi connectivity index (χ3v) is 7.28. The molecule has 0 aliphatic heterocycles. The van der Waals surface area contributed by atoms with Gasteiger partial charge >= 0.3 is 0 Å². The number of carbonyl (C=O) groups excluding carboxylic acids is 4. The van der Waals surface area contributed by atoms with Gasteiger partial charge in [0.1, 0.15) is 5.41 Å². The number of hydrogen-bond donors (Lipinski definition) is 5. The molecule has 1 aromatic carbocycles. The number of thiazole rings is 1. The number of nitrogens with one attached hydrogen (secondary N) is 3. The highest BCUT2D eigenvalue weighted by atomic mass is 32.1. The molecule has 0 bridgehead atoms. The third kappa shape index (κ3) is 6.40. The Morgan fingerprint density at radius 2 is 1.97 bits per heavy atom. The molecule has 1 unspecified atom stereocenters. The average Bonchev–Trinajstić information content (AvgIpc) is 3.27. The molecule has 1 heterocycles. The van der Waals surface area contributed by atoms with Gasteiger partial charge in [0.2, 0.25) is 23.5 Å². The van der Waals surface area contributed by atoms with E-state index < -0.39 is 23.3 Å². The van der Waals surface area contributed by atoms with Gasteiger partial charge in [0, 0.05) is 19.5 Å². The molecule has 2 aromatic rings. The normalized spacial score (nSPS) is 20.9. The van der Waals surface area contributed by atoms with E-state index in [1.807, 2.05) is 24.3 Å². The van der Waals surface area contributed by atoms with E-state index in [1.165, 1.54) is 24.6 Å². The molecule has 1 fully saturated rings. The number of nitrogens with zero attached hydrogens (tertiary/aromatic N) is 2. The fourth-order valence-electron chi connectivity index (χ4n) is 4.32. The predicted octanol–water partition coefficient (Wildman–Crippen LogP) is 0.786. The first kappa shape index (κ1) is 26.2. The second kappa shape index (κ2) is 11.8. The molecule has 35 heavy (non-hydrogen) atoms. The molecule has 3 amide bonds. The lowest BCUT2D eigenvalue weighted by atomic mass is 9.71. The van der Waals surface area contributed by atoms with Crippen molar-refractivity contribution in [1.82, 2.24) is 21.0 Å².